The van der Waals surface area contributed by atoms with Crippen LogP contribution in [0.15, 0.2) is 16.7 Å². The van der Waals surface area contributed by atoms with Gasteiger partial charge >= 0.3 is 6.03 Å². The number of hydrogen-bond donors (Lipinski definition) is 0. The number of halogens is 1. The van der Waals surface area contributed by atoms with Gasteiger partial charge < -0.3 is 19.4 Å². The van der Waals surface area contributed by atoms with Crippen molar-refractivity contribution in [1.29, 1.82) is 5.26 Å². The molecular weight excluding hydrogens is 386 g/mol. The van der Waals surface area contributed by atoms with E-state index >= 15 is 0 Å². The van der Waals surface area contributed by atoms with Crippen LogP contribution in [0.1, 0.15) is 18.4 Å². The van der Waals surface area contributed by atoms with E-state index < -0.39 is 0 Å². The first-order valence-corrected chi connectivity index (χ1v) is 9.29. The van der Waals surface area contributed by atoms with Crippen LogP contribution in [0.5, 0.6) is 0 Å². The molecular formula is C17H22BrN5O2. The summed E-state index contributed by atoms with van der Waals surface area (Å²) >= 11 is 3.35. The highest BCUT2D eigenvalue weighted by atomic mass is 79.9. The number of aromatic nitrogens is 1. The van der Waals surface area contributed by atoms with Crippen LogP contribution in [-0.4, -0.2) is 73.3 Å². The number of carbonyl (C=O) groups excluding carboxylic acids is 1. The number of amides is 2. The summed E-state index contributed by atoms with van der Waals surface area (Å²) in [5.41, 5.74) is 0.575. The van der Waals surface area contributed by atoms with Crippen LogP contribution >= 0.6 is 15.9 Å². The summed E-state index contributed by atoms with van der Waals surface area (Å²) < 4.78 is 6.12. The zero-order chi connectivity index (χ0) is 17.8. The molecule has 1 aromatic heterocycles. The highest BCUT2D eigenvalue weighted by Crippen LogP contribution is 2.25. The highest BCUT2D eigenvalue weighted by molar-refractivity contribution is 9.10. The predicted octanol–water partition coefficient (Wildman–Crippen LogP) is 2.07. The van der Waals surface area contributed by atoms with Gasteiger partial charge in [-0.3, -0.25) is 0 Å². The summed E-state index contributed by atoms with van der Waals surface area (Å²) in [5, 5.41) is 9.32. The zero-order valence-corrected chi connectivity index (χ0v) is 15.9. The van der Waals surface area contributed by atoms with Crippen molar-refractivity contribution in [2.24, 2.45) is 0 Å². The number of carbonyl (C=O) groups is 1. The fraction of sp³-hybridized carbons (Fsp3) is 0.588. The third-order valence-corrected chi connectivity index (χ3v) is 5.28. The van der Waals surface area contributed by atoms with Gasteiger partial charge in [0.25, 0.3) is 0 Å². The first-order chi connectivity index (χ1) is 12.1. The van der Waals surface area contributed by atoms with Gasteiger partial charge in [0.05, 0.1) is 18.8 Å². The second-order valence-corrected chi connectivity index (χ2v) is 7.26. The van der Waals surface area contributed by atoms with E-state index in [2.05, 4.69) is 31.9 Å². The average Bonchev–Trinajstić information content (AvgIpc) is 2.67. The van der Waals surface area contributed by atoms with Crippen LogP contribution in [0.25, 0.3) is 0 Å². The summed E-state index contributed by atoms with van der Waals surface area (Å²) in [5.74, 6) is 0.728. The Balaban J connectivity index is 1.60. The maximum atomic E-state index is 12.6. The lowest BCUT2D eigenvalue weighted by molar-refractivity contribution is 0.0409. The molecule has 0 saturated carbocycles. The molecule has 3 rings (SSSR count). The molecule has 1 aromatic rings. The first kappa shape index (κ1) is 18.0. The fourth-order valence-corrected chi connectivity index (χ4v) is 3.70. The summed E-state index contributed by atoms with van der Waals surface area (Å²) in [6.45, 7) is 4.13. The normalized spacial score (nSPS) is 18.8. The van der Waals surface area contributed by atoms with Gasteiger partial charge in [-0.05, 0) is 34.8 Å². The third kappa shape index (κ3) is 4.05. The minimum atomic E-state index is 0.0845. The Kier molecular flexibility index (Phi) is 5.76. The largest absolute Gasteiger partial charge is 0.378 e. The summed E-state index contributed by atoms with van der Waals surface area (Å²) in [7, 11) is 1.89. The molecule has 0 aliphatic carbocycles. The number of urea groups is 1. The smallest absolute Gasteiger partial charge is 0.320 e. The minimum absolute atomic E-state index is 0.0845. The number of hydrogen-bond acceptors (Lipinski definition) is 5. The quantitative estimate of drug-likeness (QED) is 0.749. The molecule has 2 saturated heterocycles. The molecule has 134 valence electrons. The molecule has 0 bridgehead atoms. The average molecular weight is 408 g/mol. The Morgan fingerprint density at radius 1 is 1.36 bits per heavy atom. The number of nitrogens with zero attached hydrogens (tertiary/aromatic N) is 5. The van der Waals surface area contributed by atoms with Crippen molar-refractivity contribution in [1.82, 2.24) is 14.8 Å². The molecule has 8 heteroatoms. The van der Waals surface area contributed by atoms with Crippen molar-refractivity contribution in [2.75, 3.05) is 51.3 Å². The standard InChI is InChI=1S/C17H22BrN5O2/c1-21(17(24)23-6-8-25-9-7-23)15-2-4-22(5-3-15)16-13(11-19)10-14(18)12-20-16/h10,12,15H,2-9H2,1H3. The van der Waals surface area contributed by atoms with E-state index in [4.69, 9.17) is 4.74 Å². The fourth-order valence-electron chi connectivity index (χ4n) is 3.37. The maximum Gasteiger partial charge on any atom is 0.320 e. The molecule has 0 radical (unpaired) electrons. The van der Waals surface area contributed by atoms with Crippen molar-refractivity contribution in [3.63, 3.8) is 0 Å². The van der Waals surface area contributed by atoms with E-state index in [9.17, 15) is 10.1 Å². The van der Waals surface area contributed by atoms with Crippen molar-refractivity contribution >= 4 is 27.8 Å². The van der Waals surface area contributed by atoms with E-state index in [0.29, 0.717) is 31.9 Å². The van der Waals surface area contributed by atoms with E-state index in [-0.39, 0.29) is 12.1 Å². The Hall–Kier alpha value is -1.85. The third-order valence-electron chi connectivity index (χ3n) is 4.85. The molecule has 3 heterocycles. The summed E-state index contributed by atoms with van der Waals surface area (Å²) in [6.07, 6.45) is 3.46. The van der Waals surface area contributed by atoms with Gasteiger partial charge in [0.1, 0.15) is 11.9 Å². The van der Waals surface area contributed by atoms with E-state index in [1.165, 1.54) is 0 Å². The molecule has 25 heavy (non-hydrogen) atoms. The van der Waals surface area contributed by atoms with Crippen LogP contribution < -0.4 is 4.90 Å². The molecule has 0 unspecified atom stereocenters. The number of rotatable bonds is 2. The van der Waals surface area contributed by atoms with Gasteiger partial charge in [-0.2, -0.15) is 5.26 Å². The highest BCUT2D eigenvalue weighted by Gasteiger charge is 2.29. The van der Waals surface area contributed by atoms with Gasteiger partial charge in [0, 0.05) is 49.9 Å². The topological polar surface area (TPSA) is 72.7 Å². The van der Waals surface area contributed by atoms with E-state index in [0.717, 1.165) is 36.2 Å². The molecule has 2 aliphatic rings. The minimum Gasteiger partial charge on any atom is -0.378 e. The van der Waals surface area contributed by atoms with Crippen molar-refractivity contribution < 1.29 is 9.53 Å². The Morgan fingerprint density at radius 3 is 2.68 bits per heavy atom. The van der Waals surface area contributed by atoms with Gasteiger partial charge in [-0.1, -0.05) is 0 Å². The zero-order valence-electron chi connectivity index (χ0n) is 14.3. The Morgan fingerprint density at radius 2 is 2.04 bits per heavy atom. The SMILES string of the molecule is CN(C(=O)N1CCOCC1)C1CCN(c2ncc(Br)cc2C#N)CC1. The number of anilines is 1. The molecule has 7 nitrogen and oxygen atoms in total. The number of ether oxygens (including phenoxy) is 1. The lowest BCUT2D eigenvalue weighted by Gasteiger charge is -2.40. The van der Waals surface area contributed by atoms with Gasteiger partial charge in [-0.25, -0.2) is 9.78 Å². The number of pyridine rings is 1. The molecule has 2 aliphatic heterocycles. The van der Waals surface area contributed by atoms with Crippen LogP contribution in [0, 0.1) is 11.3 Å². The number of nitriles is 1. The second-order valence-electron chi connectivity index (χ2n) is 6.35. The first-order valence-electron chi connectivity index (χ1n) is 8.50. The summed E-state index contributed by atoms with van der Waals surface area (Å²) in [4.78, 5) is 22.9. The van der Waals surface area contributed by atoms with Crippen LogP contribution in [0.2, 0.25) is 0 Å². The number of piperidine rings is 1. The molecule has 2 amide bonds. The molecule has 0 spiro atoms. The molecule has 2 fully saturated rings. The van der Waals surface area contributed by atoms with Crippen LogP contribution in [0.4, 0.5) is 10.6 Å². The lowest BCUT2D eigenvalue weighted by atomic mass is 10.0. The Labute approximate surface area is 156 Å². The maximum absolute atomic E-state index is 12.6. The second kappa shape index (κ2) is 8.02. The molecule has 0 N–H and O–H groups in total. The van der Waals surface area contributed by atoms with Gasteiger partial charge in [0.15, 0.2) is 0 Å². The van der Waals surface area contributed by atoms with Crippen molar-refractivity contribution in [3.8, 4) is 6.07 Å². The number of morpholine rings is 1. The lowest BCUT2D eigenvalue weighted by Crippen LogP contribution is -2.52. The van der Waals surface area contributed by atoms with Crippen molar-refractivity contribution in [3.05, 3.63) is 22.3 Å². The van der Waals surface area contributed by atoms with Gasteiger partial charge in [0.2, 0.25) is 0 Å². The molecule has 0 atom stereocenters. The molecule has 0 aromatic carbocycles. The van der Waals surface area contributed by atoms with E-state index in [1.807, 2.05) is 16.8 Å². The van der Waals surface area contributed by atoms with Crippen LogP contribution in [0.3, 0.4) is 0 Å². The predicted molar refractivity (Wildman–Crippen MR) is 97.4 cm³/mol. The monoisotopic (exact) mass is 407 g/mol. The van der Waals surface area contributed by atoms with Crippen molar-refractivity contribution in [2.45, 2.75) is 18.9 Å². The van der Waals surface area contributed by atoms with E-state index in [1.54, 1.807) is 12.3 Å². The van der Waals surface area contributed by atoms with Gasteiger partial charge in [-0.15, -0.1) is 0 Å². The summed E-state index contributed by atoms with van der Waals surface area (Å²) in [6, 6.07) is 4.31. The van der Waals surface area contributed by atoms with Crippen LogP contribution in [-0.2, 0) is 4.74 Å². The Bertz CT molecular complexity index is 663.